The molecule has 208 valence electrons. The molecule has 0 radical (unpaired) electrons. The Bertz CT molecular complexity index is 1290. The van der Waals surface area contributed by atoms with Crippen LogP contribution in [-0.4, -0.2) is 65.0 Å². The summed E-state index contributed by atoms with van der Waals surface area (Å²) in [5, 5.41) is 1.15. The van der Waals surface area contributed by atoms with Crippen LogP contribution in [0.3, 0.4) is 0 Å². The summed E-state index contributed by atoms with van der Waals surface area (Å²) in [6.45, 7) is 3.44. The summed E-state index contributed by atoms with van der Waals surface area (Å²) in [7, 11) is 0. The number of fused-ring (bicyclic) bond motifs is 1. The zero-order valence-electron chi connectivity index (χ0n) is 21.9. The van der Waals surface area contributed by atoms with Gasteiger partial charge in [-0.2, -0.15) is 0 Å². The fourth-order valence-corrected chi connectivity index (χ4v) is 6.17. The molecule has 1 aliphatic carbocycles. The van der Waals surface area contributed by atoms with Crippen LogP contribution in [-0.2, 0) is 0 Å². The van der Waals surface area contributed by atoms with Gasteiger partial charge in [0.2, 0.25) is 0 Å². The fourth-order valence-electron chi connectivity index (χ4n) is 6.17. The second-order valence-corrected chi connectivity index (χ2v) is 11.0. The number of ether oxygens (including phenoxy) is 2. The molecule has 2 aromatic carbocycles. The molecule has 39 heavy (non-hydrogen) atoms. The molecule has 0 N–H and O–H groups in total. The van der Waals surface area contributed by atoms with Gasteiger partial charge in [0.25, 0.3) is 5.91 Å². The lowest BCUT2D eigenvalue weighted by Gasteiger charge is -2.41. The number of carbonyl (C=O) groups excluding carboxylic acids is 1. The summed E-state index contributed by atoms with van der Waals surface area (Å²) in [5.74, 6) is 0.416. The zero-order chi connectivity index (χ0) is 27.0. The van der Waals surface area contributed by atoms with Gasteiger partial charge in [0.15, 0.2) is 0 Å². The molecule has 0 atom stereocenters. The number of piperidine rings is 2. The number of likely N-dealkylation sites (tertiary alicyclic amines) is 2. The average molecular weight is 542 g/mol. The van der Waals surface area contributed by atoms with Crippen molar-refractivity contribution >= 4 is 16.8 Å². The van der Waals surface area contributed by atoms with E-state index in [1.54, 1.807) is 4.90 Å². The monoisotopic (exact) mass is 541 g/mol. The van der Waals surface area contributed by atoms with Gasteiger partial charge in [0.05, 0.1) is 0 Å². The largest absolute Gasteiger partial charge is 0.573 e. The highest BCUT2D eigenvalue weighted by molar-refractivity contribution is 5.94. The lowest BCUT2D eigenvalue weighted by atomic mass is 9.90. The third-order valence-electron chi connectivity index (χ3n) is 8.54. The Balaban J connectivity index is 1.03. The minimum atomic E-state index is -4.75. The number of amides is 1. The number of hydrogen-bond acceptors (Lipinski definition) is 4. The average Bonchev–Trinajstić information content (AvgIpc) is 3.31. The van der Waals surface area contributed by atoms with Gasteiger partial charge in [-0.15, -0.1) is 13.2 Å². The smallest absolute Gasteiger partial charge is 0.490 e. The van der Waals surface area contributed by atoms with Crippen molar-refractivity contribution in [3.05, 3.63) is 60.3 Å². The number of benzene rings is 2. The highest BCUT2D eigenvalue weighted by Crippen LogP contribution is 2.32. The van der Waals surface area contributed by atoms with Crippen LogP contribution in [0.25, 0.3) is 10.9 Å². The molecule has 6 nitrogen and oxygen atoms in total. The molecular weight excluding hydrogens is 507 g/mol. The maximum atomic E-state index is 12.9. The topological polar surface area (TPSA) is 46.9 Å². The summed E-state index contributed by atoms with van der Waals surface area (Å²) in [4.78, 5) is 17.3. The minimum Gasteiger partial charge on any atom is -0.490 e. The van der Waals surface area contributed by atoms with Gasteiger partial charge in [0, 0.05) is 60.9 Å². The molecule has 3 fully saturated rings. The van der Waals surface area contributed by atoms with E-state index in [0.29, 0.717) is 18.7 Å². The second-order valence-electron chi connectivity index (χ2n) is 11.0. The molecule has 0 unspecified atom stereocenters. The van der Waals surface area contributed by atoms with E-state index in [1.807, 2.05) is 0 Å². The molecule has 3 heterocycles. The van der Waals surface area contributed by atoms with E-state index in [1.165, 1.54) is 43.5 Å². The van der Waals surface area contributed by atoms with Crippen molar-refractivity contribution in [2.45, 2.75) is 69.5 Å². The van der Waals surface area contributed by atoms with Crippen molar-refractivity contribution in [2.24, 2.45) is 0 Å². The molecule has 3 aliphatic rings. The highest BCUT2D eigenvalue weighted by atomic mass is 19.4. The standard InChI is InChI=1S/C30H34F3N3O3/c31-30(32,33)39-26-6-4-21(5-7-26)29(37)35-15-11-24(12-16-35)36-19-10-22-20-27(8-9-28(22)36)38-25-13-17-34(18-14-25)23-2-1-3-23/h4-10,19-20,23-25H,1-3,11-18H2. The minimum absolute atomic E-state index is 0.176. The number of rotatable bonds is 6. The first-order chi connectivity index (χ1) is 18.8. The molecule has 3 aromatic rings. The maximum absolute atomic E-state index is 12.9. The van der Waals surface area contributed by atoms with Gasteiger partial charge in [-0.3, -0.25) is 4.79 Å². The Kier molecular flexibility index (Phi) is 7.18. The number of carbonyl (C=O) groups is 1. The van der Waals surface area contributed by atoms with E-state index in [9.17, 15) is 18.0 Å². The van der Waals surface area contributed by atoms with Crippen molar-refractivity contribution in [1.29, 1.82) is 0 Å². The Morgan fingerprint density at radius 3 is 2.13 bits per heavy atom. The van der Waals surface area contributed by atoms with E-state index >= 15 is 0 Å². The zero-order valence-corrected chi connectivity index (χ0v) is 21.9. The third kappa shape index (κ3) is 5.88. The van der Waals surface area contributed by atoms with Gasteiger partial charge < -0.3 is 23.8 Å². The molecule has 2 saturated heterocycles. The van der Waals surface area contributed by atoms with Crippen LogP contribution in [0.1, 0.15) is 61.3 Å². The second kappa shape index (κ2) is 10.8. The first-order valence-corrected chi connectivity index (χ1v) is 14.0. The number of alkyl halides is 3. The highest BCUT2D eigenvalue weighted by Gasteiger charge is 2.32. The van der Waals surface area contributed by atoms with E-state index in [0.717, 1.165) is 61.5 Å². The predicted octanol–water partition coefficient (Wildman–Crippen LogP) is 6.41. The Morgan fingerprint density at radius 1 is 0.795 bits per heavy atom. The van der Waals surface area contributed by atoms with Crippen molar-refractivity contribution in [3.8, 4) is 11.5 Å². The van der Waals surface area contributed by atoms with Gasteiger partial charge in [0.1, 0.15) is 17.6 Å². The van der Waals surface area contributed by atoms with Gasteiger partial charge in [-0.25, -0.2) is 0 Å². The SMILES string of the molecule is O=C(c1ccc(OC(F)(F)F)cc1)N1CCC(n2ccc3cc(OC4CCN(C5CCC5)CC4)ccc32)CC1. The lowest BCUT2D eigenvalue weighted by Crippen LogP contribution is -2.46. The van der Waals surface area contributed by atoms with Gasteiger partial charge in [-0.05, 0) is 87.1 Å². The molecule has 1 saturated carbocycles. The number of hydrogen-bond donors (Lipinski definition) is 0. The van der Waals surface area contributed by atoms with E-state index in [2.05, 4.69) is 44.7 Å². The molecule has 9 heteroatoms. The number of halogens is 3. The fraction of sp³-hybridized carbons (Fsp3) is 0.500. The Labute approximate surface area is 226 Å². The molecule has 1 amide bonds. The Morgan fingerprint density at radius 2 is 1.49 bits per heavy atom. The number of aromatic nitrogens is 1. The van der Waals surface area contributed by atoms with Crippen LogP contribution >= 0.6 is 0 Å². The molecule has 6 rings (SSSR count). The number of nitrogens with zero attached hydrogens (tertiary/aromatic N) is 3. The molecular formula is C30H34F3N3O3. The van der Waals surface area contributed by atoms with Crippen LogP contribution in [0.2, 0.25) is 0 Å². The van der Waals surface area contributed by atoms with Crippen molar-refractivity contribution < 1.29 is 27.4 Å². The first kappa shape index (κ1) is 26.0. The van der Waals surface area contributed by atoms with Crippen LogP contribution in [0.5, 0.6) is 11.5 Å². The maximum Gasteiger partial charge on any atom is 0.573 e. The summed E-state index contributed by atoms with van der Waals surface area (Å²) in [5.41, 5.74) is 1.52. The summed E-state index contributed by atoms with van der Waals surface area (Å²) in [6, 6.07) is 14.7. The third-order valence-corrected chi connectivity index (χ3v) is 8.54. The molecule has 1 aromatic heterocycles. The van der Waals surface area contributed by atoms with Gasteiger partial charge >= 0.3 is 6.36 Å². The molecule has 0 bridgehead atoms. The molecule has 2 aliphatic heterocycles. The molecule has 0 spiro atoms. The van der Waals surface area contributed by atoms with E-state index in [-0.39, 0.29) is 23.8 Å². The predicted molar refractivity (Wildman–Crippen MR) is 142 cm³/mol. The van der Waals surface area contributed by atoms with Crippen molar-refractivity contribution in [2.75, 3.05) is 26.2 Å². The quantitative estimate of drug-likeness (QED) is 0.362. The van der Waals surface area contributed by atoms with Crippen molar-refractivity contribution in [1.82, 2.24) is 14.4 Å². The summed E-state index contributed by atoms with van der Waals surface area (Å²) >= 11 is 0. The summed E-state index contributed by atoms with van der Waals surface area (Å²) < 4.78 is 49.7. The van der Waals surface area contributed by atoms with Crippen molar-refractivity contribution in [3.63, 3.8) is 0 Å². The lowest BCUT2D eigenvalue weighted by molar-refractivity contribution is -0.274. The van der Waals surface area contributed by atoms with E-state index < -0.39 is 6.36 Å². The normalized spacial score (nSPS) is 20.2. The van der Waals surface area contributed by atoms with Crippen LogP contribution in [0.15, 0.2) is 54.7 Å². The van der Waals surface area contributed by atoms with Crippen LogP contribution in [0, 0.1) is 0 Å². The first-order valence-electron chi connectivity index (χ1n) is 14.0. The van der Waals surface area contributed by atoms with Crippen LogP contribution in [0.4, 0.5) is 13.2 Å². The van der Waals surface area contributed by atoms with Gasteiger partial charge in [-0.1, -0.05) is 6.42 Å². The van der Waals surface area contributed by atoms with Crippen LogP contribution < -0.4 is 9.47 Å². The van der Waals surface area contributed by atoms with E-state index in [4.69, 9.17) is 4.74 Å². The summed E-state index contributed by atoms with van der Waals surface area (Å²) in [6.07, 6.45) is 5.50. The Hall–Kier alpha value is -3.20.